The molecule has 5 nitrogen and oxygen atoms in total. The van der Waals surface area contributed by atoms with Crippen LogP contribution in [0.4, 0.5) is 23.2 Å². The van der Waals surface area contributed by atoms with Crippen molar-refractivity contribution in [2.45, 2.75) is 6.18 Å². The van der Waals surface area contributed by atoms with E-state index in [4.69, 9.17) is 0 Å². The number of carbonyl (C=O) groups is 1. The molecule has 0 atom stereocenters. The zero-order valence-electron chi connectivity index (χ0n) is 14.6. The number of alkyl halides is 3. The molecule has 0 fully saturated rings. The maximum Gasteiger partial charge on any atom is 0.416 e. The molecule has 4 aromatic rings. The van der Waals surface area contributed by atoms with E-state index in [9.17, 15) is 22.4 Å². The molecule has 1 amide bonds. The molecule has 0 spiro atoms. The SMILES string of the molecule is O=C(Nc1ccc(F)cc1)c1c(-c2cccc(C(F)(F)F)c2)nc2ncccn12. The first kappa shape index (κ1) is 18.6. The van der Waals surface area contributed by atoms with Gasteiger partial charge in [-0.15, -0.1) is 0 Å². The molecule has 2 aromatic heterocycles. The van der Waals surface area contributed by atoms with Gasteiger partial charge in [0.05, 0.1) is 5.56 Å². The van der Waals surface area contributed by atoms with Crippen molar-refractivity contribution in [3.05, 3.63) is 84.1 Å². The Morgan fingerprint density at radius 1 is 1.03 bits per heavy atom. The fourth-order valence-electron chi connectivity index (χ4n) is 2.87. The molecule has 2 aromatic carbocycles. The monoisotopic (exact) mass is 400 g/mol. The van der Waals surface area contributed by atoms with E-state index in [0.29, 0.717) is 5.69 Å². The van der Waals surface area contributed by atoms with Crippen LogP contribution >= 0.6 is 0 Å². The van der Waals surface area contributed by atoms with Crippen LogP contribution in [0.15, 0.2) is 67.0 Å². The number of fused-ring (bicyclic) bond motifs is 1. The quantitative estimate of drug-likeness (QED) is 0.503. The van der Waals surface area contributed by atoms with Crippen LogP contribution in [0.3, 0.4) is 0 Å². The Kier molecular flexibility index (Phi) is 4.50. The molecule has 4 rings (SSSR count). The highest BCUT2D eigenvalue weighted by molar-refractivity contribution is 6.07. The first-order chi connectivity index (χ1) is 13.8. The number of nitrogens with zero attached hydrogens (tertiary/aromatic N) is 3. The van der Waals surface area contributed by atoms with Gasteiger partial charge in [0.15, 0.2) is 0 Å². The van der Waals surface area contributed by atoms with E-state index in [-0.39, 0.29) is 22.7 Å². The Balaban J connectivity index is 1.83. The minimum Gasteiger partial charge on any atom is -0.321 e. The predicted molar refractivity (Wildman–Crippen MR) is 97.8 cm³/mol. The molecule has 29 heavy (non-hydrogen) atoms. The number of hydrogen-bond acceptors (Lipinski definition) is 3. The smallest absolute Gasteiger partial charge is 0.321 e. The van der Waals surface area contributed by atoms with Crippen LogP contribution < -0.4 is 5.32 Å². The minimum atomic E-state index is -4.54. The zero-order valence-corrected chi connectivity index (χ0v) is 14.6. The molecule has 0 aliphatic heterocycles. The summed E-state index contributed by atoms with van der Waals surface area (Å²) in [5.74, 6) is -0.930. The van der Waals surface area contributed by atoms with Crippen molar-refractivity contribution in [2.75, 3.05) is 5.32 Å². The topological polar surface area (TPSA) is 59.3 Å². The number of nitrogens with one attached hydrogen (secondary N) is 1. The van der Waals surface area contributed by atoms with Crippen molar-refractivity contribution in [2.24, 2.45) is 0 Å². The van der Waals surface area contributed by atoms with Crippen LogP contribution in [0.5, 0.6) is 0 Å². The van der Waals surface area contributed by atoms with Crippen molar-refractivity contribution < 1.29 is 22.4 Å². The van der Waals surface area contributed by atoms with Gasteiger partial charge in [0.2, 0.25) is 5.78 Å². The van der Waals surface area contributed by atoms with E-state index in [1.165, 1.54) is 53.2 Å². The second-order valence-electron chi connectivity index (χ2n) is 6.14. The Bertz CT molecular complexity index is 1200. The highest BCUT2D eigenvalue weighted by Gasteiger charge is 2.31. The standard InChI is InChI=1S/C20H12F4N4O/c21-14-5-7-15(8-6-14)26-18(29)17-16(27-19-25-9-2-10-28(17)19)12-3-1-4-13(11-12)20(22,23)24/h1-11H,(H,26,29). The van der Waals surface area contributed by atoms with Gasteiger partial charge in [0, 0.05) is 23.6 Å². The maximum absolute atomic E-state index is 13.1. The summed E-state index contributed by atoms with van der Waals surface area (Å²) < 4.78 is 53.8. The van der Waals surface area contributed by atoms with Crippen molar-refractivity contribution >= 4 is 17.4 Å². The van der Waals surface area contributed by atoms with E-state index in [0.717, 1.165) is 12.1 Å². The molecule has 0 aliphatic carbocycles. The van der Waals surface area contributed by atoms with E-state index in [1.54, 1.807) is 6.07 Å². The second kappa shape index (κ2) is 7.01. The third-order valence-corrected chi connectivity index (χ3v) is 4.18. The van der Waals surface area contributed by atoms with Crippen molar-refractivity contribution in [3.63, 3.8) is 0 Å². The molecule has 0 bridgehead atoms. The van der Waals surface area contributed by atoms with Crippen LogP contribution in [0, 0.1) is 5.82 Å². The minimum absolute atomic E-state index is 0.0109. The molecule has 0 unspecified atom stereocenters. The van der Waals surface area contributed by atoms with Crippen LogP contribution in [0.1, 0.15) is 16.1 Å². The van der Waals surface area contributed by atoms with Gasteiger partial charge >= 0.3 is 6.18 Å². The first-order valence-electron chi connectivity index (χ1n) is 8.40. The third-order valence-electron chi connectivity index (χ3n) is 4.18. The van der Waals surface area contributed by atoms with Gasteiger partial charge in [0.1, 0.15) is 17.2 Å². The molecular formula is C20H12F4N4O. The van der Waals surface area contributed by atoms with Gasteiger partial charge in [-0.3, -0.25) is 9.20 Å². The molecular weight excluding hydrogens is 388 g/mol. The molecule has 2 heterocycles. The summed E-state index contributed by atoms with van der Waals surface area (Å²) in [4.78, 5) is 21.2. The van der Waals surface area contributed by atoms with Crippen molar-refractivity contribution in [1.82, 2.24) is 14.4 Å². The van der Waals surface area contributed by atoms with Crippen molar-refractivity contribution in [3.8, 4) is 11.3 Å². The maximum atomic E-state index is 13.1. The zero-order chi connectivity index (χ0) is 20.6. The lowest BCUT2D eigenvalue weighted by Gasteiger charge is -2.10. The second-order valence-corrected chi connectivity index (χ2v) is 6.14. The van der Waals surface area contributed by atoms with E-state index < -0.39 is 23.5 Å². The number of carbonyl (C=O) groups excluding carboxylic acids is 1. The van der Waals surface area contributed by atoms with Crippen LogP contribution in [-0.4, -0.2) is 20.3 Å². The van der Waals surface area contributed by atoms with Gasteiger partial charge in [-0.05, 0) is 42.5 Å². The highest BCUT2D eigenvalue weighted by Crippen LogP contribution is 2.33. The molecule has 9 heteroatoms. The summed E-state index contributed by atoms with van der Waals surface area (Å²) in [6.07, 6.45) is -1.55. The van der Waals surface area contributed by atoms with Crippen molar-refractivity contribution in [1.29, 1.82) is 0 Å². The number of benzene rings is 2. The van der Waals surface area contributed by atoms with Gasteiger partial charge in [-0.1, -0.05) is 12.1 Å². The van der Waals surface area contributed by atoms with Gasteiger partial charge in [0.25, 0.3) is 5.91 Å². The summed E-state index contributed by atoms with van der Waals surface area (Å²) in [7, 11) is 0. The average molecular weight is 400 g/mol. The van der Waals surface area contributed by atoms with E-state index >= 15 is 0 Å². The Morgan fingerprint density at radius 2 is 1.79 bits per heavy atom. The van der Waals surface area contributed by atoms with Crippen LogP contribution in [0.25, 0.3) is 17.0 Å². The van der Waals surface area contributed by atoms with Crippen LogP contribution in [-0.2, 0) is 6.18 Å². The number of rotatable bonds is 3. The Hall–Kier alpha value is -3.75. The van der Waals surface area contributed by atoms with Crippen LogP contribution in [0.2, 0.25) is 0 Å². The summed E-state index contributed by atoms with van der Waals surface area (Å²) in [5, 5.41) is 2.60. The number of aromatic nitrogens is 3. The van der Waals surface area contributed by atoms with E-state index in [1.807, 2.05) is 0 Å². The predicted octanol–water partition coefficient (Wildman–Crippen LogP) is 4.81. The molecule has 146 valence electrons. The molecule has 0 saturated carbocycles. The Morgan fingerprint density at radius 3 is 2.52 bits per heavy atom. The normalized spacial score (nSPS) is 11.6. The molecule has 0 radical (unpaired) electrons. The average Bonchev–Trinajstić information content (AvgIpc) is 3.09. The lowest BCUT2D eigenvalue weighted by Crippen LogP contribution is -2.15. The summed E-state index contributed by atoms with van der Waals surface area (Å²) in [5.41, 5.74) is -0.351. The Labute approximate surface area is 161 Å². The fourth-order valence-corrected chi connectivity index (χ4v) is 2.87. The third kappa shape index (κ3) is 3.66. The molecule has 0 aliphatic rings. The lowest BCUT2D eigenvalue weighted by molar-refractivity contribution is -0.137. The van der Waals surface area contributed by atoms with Gasteiger partial charge in [-0.25, -0.2) is 14.4 Å². The largest absolute Gasteiger partial charge is 0.416 e. The van der Waals surface area contributed by atoms with E-state index in [2.05, 4.69) is 15.3 Å². The molecule has 0 saturated heterocycles. The molecule has 1 N–H and O–H groups in total. The number of anilines is 1. The summed E-state index contributed by atoms with van der Waals surface area (Å²) in [6, 6.07) is 11.2. The summed E-state index contributed by atoms with van der Waals surface area (Å²) in [6.45, 7) is 0. The number of halogens is 4. The fraction of sp³-hybridized carbons (Fsp3) is 0.0500. The first-order valence-corrected chi connectivity index (χ1v) is 8.40. The highest BCUT2D eigenvalue weighted by atomic mass is 19.4. The summed E-state index contributed by atoms with van der Waals surface area (Å²) >= 11 is 0. The number of amides is 1. The van der Waals surface area contributed by atoms with Gasteiger partial charge in [-0.2, -0.15) is 13.2 Å². The van der Waals surface area contributed by atoms with Gasteiger partial charge < -0.3 is 5.32 Å². The number of imidazole rings is 1. The lowest BCUT2D eigenvalue weighted by atomic mass is 10.1. The number of hydrogen-bond donors (Lipinski definition) is 1.